The Labute approximate surface area is 158 Å². The Kier molecular flexibility index (Phi) is 4.71. The lowest BCUT2D eigenvalue weighted by molar-refractivity contribution is -0.124. The quantitative estimate of drug-likeness (QED) is 0.569. The van der Waals surface area contributed by atoms with Gasteiger partial charge in [-0.05, 0) is 18.6 Å². The van der Waals surface area contributed by atoms with Crippen LogP contribution in [0.2, 0.25) is 0 Å². The molecule has 4 rings (SSSR count). The molecule has 4 aromatic rings. The van der Waals surface area contributed by atoms with E-state index in [4.69, 9.17) is 5.10 Å². The first kappa shape index (κ1) is 17.0. The lowest BCUT2D eigenvalue weighted by Crippen LogP contribution is -2.31. The van der Waals surface area contributed by atoms with Crippen LogP contribution in [-0.4, -0.2) is 15.7 Å². The molecule has 0 spiro atoms. The number of nitrogens with one attached hydrogen (secondary N) is 1. The van der Waals surface area contributed by atoms with Crippen molar-refractivity contribution in [1.82, 2.24) is 15.1 Å². The standard InChI is InChI=1S/C23H21N3O/c1-17(23(27)24-16-18-10-4-2-5-11-18)26-21-15-9-8-14-20(21)22(25-26)19-12-6-3-7-13-19/h2-15,17H,16H2,1H3,(H,24,27)/t17-/m0/s1. The van der Waals surface area contributed by atoms with E-state index < -0.39 is 6.04 Å². The minimum Gasteiger partial charge on any atom is -0.350 e. The average Bonchev–Trinajstić information content (AvgIpc) is 3.12. The van der Waals surface area contributed by atoms with E-state index in [9.17, 15) is 4.79 Å². The molecule has 3 aromatic carbocycles. The zero-order valence-corrected chi connectivity index (χ0v) is 15.2. The van der Waals surface area contributed by atoms with E-state index in [1.165, 1.54) is 0 Å². The molecule has 0 unspecified atom stereocenters. The molecule has 0 aliphatic carbocycles. The van der Waals surface area contributed by atoms with Gasteiger partial charge in [0.1, 0.15) is 11.7 Å². The molecule has 1 amide bonds. The molecule has 0 radical (unpaired) electrons. The van der Waals surface area contributed by atoms with Gasteiger partial charge in [-0.1, -0.05) is 78.9 Å². The molecule has 1 atom stereocenters. The molecule has 1 aromatic heterocycles. The zero-order chi connectivity index (χ0) is 18.6. The number of aromatic nitrogens is 2. The van der Waals surface area contributed by atoms with Crippen molar-refractivity contribution >= 4 is 16.8 Å². The lowest BCUT2D eigenvalue weighted by atomic mass is 10.1. The van der Waals surface area contributed by atoms with Gasteiger partial charge in [0.25, 0.3) is 0 Å². The van der Waals surface area contributed by atoms with Gasteiger partial charge in [-0.3, -0.25) is 9.48 Å². The minimum absolute atomic E-state index is 0.0493. The third-order valence-electron chi connectivity index (χ3n) is 4.72. The Bertz CT molecular complexity index is 1050. The van der Waals surface area contributed by atoms with Crippen LogP contribution in [0.1, 0.15) is 18.5 Å². The van der Waals surface area contributed by atoms with Gasteiger partial charge in [-0.25, -0.2) is 0 Å². The van der Waals surface area contributed by atoms with Gasteiger partial charge in [0, 0.05) is 17.5 Å². The minimum atomic E-state index is -0.406. The Morgan fingerprint density at radius 3 is 2.30 bits per heavy atom. The summed E-state index contributed by atoms with van der Waals surface area (Å²) in [6.45, 7) is 2.39. The fourth-order valence-electron chi connectivity index (χ4n) is 3.24. The fraction of sp³-hybridized carbons (Fsp3) is 0.130. The number of fused-ring (bicyclic) bond motifs is 1. The molecule has 0 aliphatic rings. The van der Waals surface area contributed by atoms with Gasteiger partial charge >= 0.3 is 0 Å². The van der Waals surface area contributed by atoms with Crippen molar-refractivity contribution in [1.29, 1.82) is 0 Å². The molecule has 4 heteroatoms. The molecule has 1 heterocycles. The summed E-state index contributed by atoms with van der Waals surface area (Å²) >= 11 is 0. The Balaban J connectivity index is 1.64. The summed E-state index contributed by atoms with van der Waals surface area (Å²) in [5.74, 6) is -0.0493. The highest BCUT2D eigenvalue weighted by Gasteiger charge is 2.20. The summed E-state index contributed by atoms with van der Waals surface area (Å²) in [6, 6.07) is 27.6. The van der Waals surface area contributed by atoms with E-state index in [2.05, 4.69) is 11.4 Å². The van der Waals surface area contributed by atoms with Gasteiger partial charge in [0.15, 0.2) is 0 Å². The lowest BCUT2D eigenvalue weighted by Gasteiger charge is -2.14. The van der Waals surface area contributed by atoms with Crippen molar-refractivity contribution in [3.63, 3.8) is 0 Å². The number of hydrogen-bond acceptors (Lipinski definition) is 2. The number of carbonyl (C=O) groups excluding carboxylic acids is 1. The molecular formula is C23H21N3O. The first-order valence-corrected chi connectivity index (χ1v) is 9.08. The van der Waals surface area contributed by atoms with E-state index in [1.54, 1.807) is 0 Å². The normalized spacial score (nSPS) is 12.0. The first-order valence-electron chi connectivity index (χ1n) is 9.08. The second kappa shape index (κ2) is 7.46. The molecule has 0 bridgehead atoms. The van der Waals surface area contributed by atoms with Crippen molar-refractivity contribution < 1.29 is 4.79 Å². The molecule has 134 valence electrons. The van der Waals surface area contributed by atoms with Crippen LogP contribution in [0.25, 0.3) is 22.2 Å². The highest BCUT2D eigenvalue weighted by atomic mass is 16.2. The van der Waals surface area contributed by atoms with Crippen molar-refractivity contribution in [3.8, 4) is 11.3 Å². The second-order valence-corrected chi connectivity index (χ2v) is 6.56. The molecule has 27 heavy (non-hydrogen) atoms. The Hall–Kier alpha value is -3.40. The van der Waals surface area contributed by atoms with Gasteiger partial charge in [0.2, 0.25) is 5.91 Å². The first-order chi connectivity index (χ1) is 13.2. The zero-order valence-electron chi connectivity index (χ0n) is 15.2. The monoisotopic (exact) mass is 355 g/mol. The molecule has 0 saturated heterocycles. The van der Waals surface area contributed by atoms with Crippen molar-refractivity contribution in [2.75, 3.05) is 0 Å². The third kappa shape index (κ3) is 3.47. The van der Waals surface area contributed by atoms with Crippen molar-refractivity contribution in [2.24, 2.45) is 0 Å². The van der Waals surface area contributed by atoms with Crippen LogP contribution in [0.4, 0.5) is 0 Å². The van der Waals surface area contributed by atoms with E-state index in [-0.39, 0.29) is 5.91 Å². The van der Waals surface area contributed by atoms with Gasteiger partial charge in [0.05, 0.1) is 5.52 Å². The number of amides is 1. The number of para-hydroxylation sites is 1. The predicted octanol–water partition coefficient (Wildman–Crippen LogP) is 4.58. The van der Waals surface area contributed by atoms with E-state index in [1.807, 2.05) is 90.5 Å². The molecule has 0 saturated carbocycles. The summed E-state index contributed by atoms with van der Waals surface area (Å²) in [5, 5.41) is 8.85. The molecule has 0 fully saturated rings. The summed E-state index contributed by atoms with van der Waals surface area (Å²) in [5.41, 5.74) is 3.98. The van der Waals surface area contributed by atoms with E-state index in [0.29, 0.717) is 6.54 Å². The highest BCUT2D eigenvalue weighted by Crippen LogP contribution is 2.29. The summed E-state index contributed by atoms with van der Waals surface area (Å²) in [6.07, 6.45) is 0. The summed E-state index contributed by atoms with van der Waals surface area (Å²) < 4.78 is 1.82. The van der Waals surface area contributed by atoms with Crippen LogP contribution < -0.4 is 5.32 Å². The maximum atomic E-state index is 12.7. The number of rotatable bonds is 5. The maximum absolute atomic E-state index is 12.7. The van der Waals surface area contributed by atoms with Gasteiger partial charge in [-0.15, -0.1) is 0 Å². The van der Waals surface area contributed by atoms with Crippen LogP contribution in [0, 0.1) is 0 Å². The average molecular weight is 355 g/mol. The van der Waals surface area contributed by atoms with Crippen molar-refractivity contribution in [2.45, 2.75) is 19.5 Å². The highest BCUT2D eigenvalue weighted by molar-refractivity contribution is 5.94. The number of carbonyl (C=O) groups is 1. The molecule has 1 N–H and O–H groups in total. The molecule has 0 aliphatic heterocycles. The fourth-order valence-corrected chi connectivity index (χ4v) is 3.24. The van der Waals surface area contributed by atoms with Crippen LogP contribution in [0.15, 0.2) is 84.9 Å². The van der Waals surface area contributed by atoms with Gasteiger partial charge in [-0.2, -0.15) is 5.10 Å². The van der Waals surface area contributed by atoms with Crippen LogP contribution in [-0.2, 0) is 11.3 Å². The SMILES string of the molecule is C[C@@H](C(=O)NCc1ccccc1)n1nc(-c2ccccc2)c2ccccc21. The topological polar surface area (TPSA) is 46.9 Å². The largest absolute Gasteiger partial charge is 0.350 e. The summed E-state index contributed by atoms with van der Waals surface area (Å²) in [7, 11) is 0. The third-order valence-corrected chi connectivity index (χ3v) is 4.72. The van der Waals surface area contributed by atoms with E-state index >= 15 is 0 Å². The smallest absolute Gasteiger partial charge is 0.244 e. The number of hydrogen-bond donors (Lipinski definition) is 1. The molecule has 4 nitrogen and oxygen atoms in total. The number of benzene rings is 3. The Morgan fingerprint density at radius 1 is 0.926 bits per heavy atom. The summed E-state index contributed by atoms with van der Waals surface area (Å²) in [4.78, 5) is 12.7. The Morgan fingerprint density at radius 2 is 1.56 bits per heavy atom. The van der Waals surface area contributed by atoms with E-state index in [0.717, 1.165) is 27.7 Å². The predicted molar refractivity (Wildman–Crippen MR) is 108 cm³/mol. The molecular weight excluding hydrogens is 334 g/mol. The van der Waals surface area contributed by atoms with Crippen LogP contribution in [0.3, 0.4) is 0 Å². The second-order valence-electron chi connectivity index (χ2n) is 6.56. The van der Waals surface area contributed by atoms with Gasteiger partial charge < -0.3 is 5.32 Å². The maximum Gasteiger partial charge on any atom is 0.244 e. The van der Waals surface area contributed by atoms with Crippen molar-refractivity contribution in [3.05, 3.63) is 90.5 Å². The number of nitrogens with zero attached hydrogens (tertiary/aromatic N) is 2. The van der Waals surface area contributed by atoms with Crippen LogP contribution in [0.5, 0.6) is 0 Å². The van der Waals surface area contributed by atoms with Crippen LogP contribution >= 0.6 is 0 Å².